The van der Waals surface area contributed by atoms with Crippen LogP contribution in [0.4, 0.5) is 11.4 Å². The van der Waals surface area contributed by atoms with Crippen molar-refractivity contribution < 1.29 is 9.59 Å². The van der Waals surface area contributed by atoms with Crippen LogP contribution in [0.15, 0.2) is 54.6 Å². The van der Waals surface area contributed by atoms with E-state index in [4.69, 9.17) is 0 Å². The van der Waals surface area contributed by atoms with Gasteiger partial charge in [-0.3, -0.25) is 9.59 Å². The predicted octanol–water partition coefficient (Wildman–Crippen LogP) is 3.98. The predicted molar refractivity (Wildman–Crippen MR) is 98.2 cm³/mol. The SMILES string of the molecule is CN(C(=O)CC(=O)Nc1ccc(C(C)(C)C)cc1)c1ccccc1. The van der Waals surface area contributed by atoms with Gasteiger partial charge in [0.15, 0.2) is 0 Å². The number of rotatable bonds is 4. The van der Waals surface area contributed by atoms with Crippen LogP contribution in [-0.4, -0.2) is 18.9 Å². The topological polar surface area (TPSA) is 49.4 Å². The van der Waals surface area contributed by atoms with Crippen molar-refractivity contribution in [2.45, 2.75) is 32.6 Å². The van der Waals surface area contributed by atoms with Gasteiger partial charge in [0.1, 0.15) is 6.42 Å². The Morgan fingerprint density at radius 1 is 0.958 bits per heavy atom. The molecule has 2 amide bonds. The highest BCUT2D eigenvalue weighted by Crippen LogP contribution is 2.23. The Labute approximate surface area is 143 Å². The monoisotopic (exact) mass is 324 g/mol. The molecule has 0 aliphatic carbocycles. The zero-order valence-electron chi connectivity index (χ0n) is 14.7. The fourth-order valence-corrected chi connectivity index (χ4v) is 2.31. The lowest BCUT2D eigenvalue weighted by Crippen LogP contribution is -2.30. The summed E-state index contributed by atoms with van der Waals surface area (Å²) in [4.78, 5) is 25.8. The number of para-hydroxylation sites is 1. The van der Waals surface area contributed by atoms with Crippen LogP contribution < -0.4 is 10.2 Å². The number of anilines is 2. The van der Waals surface area contributed by atoms with Gasteiger partial charge in [-0.25, -0.2) is 0 Å². The van der Waals surface area contributed by atoms with Crippen molar-refractivity contribution in [3.05, 3.63) is 60.2 Å². The van der Waals surface area contributed by atoms with Gasteiger partial charge < -0.3 is 10.2 Å². The second-order valence-corrected chi connectivity index (χ2v) is 6.84. The van der Waals surface area contributed by atoms with Crippen LogP contribution >= 0.6 is 0 Å². The molecule has 0 spiro atoms. The van der Waals surface area contributed by atoms with Crippen LogP contribution in [0, 0.1) is 0 Å². The van der Waals surface area contributed by atoms with E-state index in [2.05, 4.69) is 26.1 Å². The third-order valence-corrected chi connectivity index (χ3v) is 3.86. The van der Waals surface area contributed by atoms with Crippen LogP contribution in [0.5, 0.6) is 0 Å². The Bertz CT molecular complexity index is 701. The lowest BCUT2D eigenvalue weighted by molar-refractivity contribution is -0.125. The molecule has 4 heteroatoms. The smallest absolute Gasteiger partial charge is 0.236 e. The number of nitrogens with one attached hydrogen (secondary N) is 1. The van der Waals surface area contributed by atoms with Gasteiger partial charge in [-0.1, -0.05) is 51.1 Å². The highest BCUT2D eigenvalue weighted by Gasteiger charge is 2.16. The van der Waals surface area contributed by atoms with Gasteiger partial charge in [0.05, 0.1) is 0 Å². The molecule has 0 atom stereocenters. The normalized spacial score (nSPS) is 11.0. The number of nitrogens with zero attached hydrogens (tertiary/aromatic N) is 1. The summed E-state index contributed by atoms with van der Waals surface area (Å²) in [6.07, 6.45) is -0.188. The lowest BCUT2D eigenvalue weighted by Gasteiger charge is -2.19. The number of hydrogen-bond donors (Lipinski definition) is 1. The standard InChI is InChI=1S/C20H24N2O2/c1-20(2,3)15-10-12-16(13-11-15)21-18(23)14-19(24)22(4)17-8-6-5-7-9-17/h5-13H,14H2,1-4H3,(H,21,23). The van der Waals surface area contributed by atoms with Crippen molar-refractivity contribution in [1.29, 1.82) is 0 Å². The van der Waals surface area contributed by atoms with E-state index in [0.717, 1.165) is 5.69 Å². The minimum Gasteiger partial charge on any atom is -0.326 e. The summed E-state index contributed by atoms with van der Waals surface area (Å²) in [6, 6.07) is 17.0. The maximum absolute atomic E-state index is 12.2. The van der Waals surface area contributed by atoms with Crippen LogP contribution in [0.1, 0.15) is 32.8 Å². The fourth-order valence-electron chi connectivity index (χ4n) is 2.31. The molecule has 126 valence electrons. The first kappa shape index (κ1) is 17.7. The minimum absolute atomic E-state index is 0.0664. The maximum Gasteiger partial charge on any atom is 0.236 e. The molecule has 0 heterocycles. The zero-order chi connectivity index (χ0) is 17.7. The maximum atomic E-state index is 12.2. The molecule has 2 aromatic carbocycles. The number of carbonyl (C=O) groups is 2. The molecule has 0 radical (unpaired) electrons. The summed E-state index contributed by atoms with van der Waals surface area (Å²) in [5.74, 6) is -0.559. The zero-order valence-corrected chi connectivity index (χ0v) is 14.7. The molecule has 1 N–H and O–H groups in total. The molecule has 4 nitrogen and oxygen atoms in total. The van der Waals surface area contributed by atoms with Crippen molar-refractivity contribution in [1.82, 2.24) is 0 Å². The molecule has 2 rings (SSSR count). The molecular formula is C20H24N2O2. The number of benzene rings is 2. The van der Waals surface area contributed by atoms with Crippen molar-refractivity contribution in [3.8, 4) is 0 Å². The molecule has 0 fully saturated rings. The summed E-state index contributed by atoms with van der Waals surface area (Å²) in [7, 11) is 1.67. The Balaban J connectivity index is 1.94. The van der Waals surface area contributed by atoms with Crippen LogP contribution in [0.25, 0.3) is 0 Å². The first-order valence-corrected chi connectivity index (χ1v) is 7.99. The average Bonchev–Trinajstić information content (AvgIpc) is 2.54. The molecule has 2 aromatic rings. The van der Waals surface area contributed by atoms with E-state index in [1.165, 1.54) is 10.5 Å². The van der Waals surface area contributed by atoms with E-state index < -0.39 is 0 Å². The number of carbonyl (C=O) groups excluding carboxylic acids is 2. The van der Waals surface area contributed by atoms with Gasteiger partial charge in [-0.15, -0.1) is 0 Å². The Morgan fingerprint density at radius 3 is 2.08 bits per heavy atom. The van der Waals surface area contributed by atoms with Gasteiger partial charge >= 0.3 is 0 Å². The highest BCUT2D eigenvalue weighted by molar-refractivity contribution is 6.08. The third-order valence-electron chi connectivity index (χ3n) is 3.86. The van der Waals surface area contributed by atoms with E-state index in [0.29, 0.717) is 5.69 Å². The van der Waals surface area contributed by atoms with Gasteiger partial charge in [0, 0.05) is 18.4 Å². The van der Waals surface area contributed by atoms with Gasteiger partial charge in [0.25, 0.3) is 0 Å². The molecular weight excluding hydrogens is 300 g/mol. The fraction of sp³-hybridized carbons (Fsp3) is 0.300. The molecule has 24 heavy (non-hydrogen) atoms. The minimum atomic E-state index is -0.314. The number of amides is 2. The van der Waals surface area contributed by atoms with Crippen molar-refractivity contribution in [3.63, 3.8) is 0 Å². The van der Waals surface area contributed by atoms with Crippen LogP contribution in [-0.2, 0) is 15.0 Å². The van der Waals surface area contributed by atoms with Crippen LogP contribution in [0.2, 0.25) is 0 Å². The second kappa shape index (κ2) is 7.30. The third kappa shape index (κ3) is 4.69. The quantitative estimate of drug-likeness (QED) is 0.865. The summed E-state index contributed by atoms with van der Waals surface area (Å²) in [5.41, 5.74) is 2.73. The Hall–Kier alpha value is -2.62. The summed E-state index contributed by atoms with van der Waals surface area (Å²) >= 11 is 0. The lowest BCUT2D eigenvalue weighted by atomic mass is 9.87. The van der Waals surface area contributed by atoms with Gasteiger partial charge in [0.2, 0.25) is 11.8 Å². The van der Waals surface area contributed by atoms with Gasteiger partial charge in [-0.2, -0.15) is 0 Å². The summed E-state index contributed by atoms with van der Waals surface area (Å²) in [6.45, 7) is 6.41. The number of hydrogen-bond acceptors (Lipinski definition) is 2. The van der Waals surface area contributed by atoms with Crippen molar-refractivity contribution >= 4 is 23.2 Å². The average molecular weight is 324 g/mol. The van der Waals surface area contributed by atoms with Gasteiger partial charge in [-0.05, 0) is 35.2 Å². The van der Waals surface area contributed by atoms with E-state index >= 15 is 0 Å². The first-order chi connectivity index (χ1) is 11.3. The molecule has 0 unspecified atom stereocenters. The highest BCUT2D eigenvalue weighted by atomic mass is 16.2. The molecule has 0 aliphatic heterocycles. The largest absolute Gasteiger partial charge is 0.326 e. The second-order valence-electron chi connectivity index (χ2n) is 6.84. The molecule has 0 aromatic heterocycles. The summed E-state index contributed by atoms with van der Waals surface area (Å²) in [5, 5.41) is 2.77. The van der Waals surface area contributed by atoms with E-state index in [1.54, 1.807) is 7.05 Å². The first-order valence-electron chi connectivity index (χ1n) is 7.99. The van der Waals surface area contributed by atoms with Crippen LogP contribution in [0.3, 0.4) is 0 Å². The summed E-state index contributed by atoms with van der Waals surface area (Å²) < 4.78 is 0. The van der Waals surface area contributed by atoms with Crippen molar-refractivity contribution in [2.75, 3.05) is 17.3 Å². The van der Waals surface area contributed by atoms with Crippen molar-refractivity contribution in [2.24, 2.45) is 0 Å². The Morgan fingerprint density at radius 2 is 1.54 bits per heavy atom. The molecule has 0 aliphatic rings. The molecule has 0 bridgehead atoms. The van der Waals surface area contributed by atoms with E-state index in [1.807, 2.05) is 54.6 Å². The Kier molecular flexibility index (Phi) is 5.39. The van der Waals surface area contributed by atoms with E-state index in [9.17, 15) is 9.59 Å². The molecule has 0 saturated carbocycles. The van der Waals surface area contributed by atoms with E-state index in [-0.39, 0.29) is 23.7 Å². The molecule has 0 saturated heterocycles.